The van der Waals surface area contributed by atoms with E-state index in [2.05, 4.69) is 89.7 Å². The zero-order valence-electron chi connectivity index (χ0n) is 16.0. The molecule has 3 aromatic carbocycles. The lowest BCUT2D eigenvalue weighted by molar-refractivity contribution is 0.836. The number of hydrogen-bond acceptors (Lipinski definition) is 2. The van der Waals surface area contributed by atoms with E-state index in [0.29, 0.717) is 0 Å². The van der Waals surface area contributed by atoms with Crippen LogP contribution in [0.3, 0.4) is 0 Å². The molecule has 4 heteroatoms. The molecule has 0 unspecified atom stereocenters. The first kappa shape index (κ1) is 18.3. The van der Waals surface area contributed by atoms with Crippen LogP contribution >= 0.6 is 11.6 Å². The van der Waals surface area contributed by atoms with Gasteiger partial charge in [0.25, 0.3) is 0 Å². The van der Waals surface area contributed by atoms with Crippen molar-refractivity contribution in [2.24, 2.45) is 5.10 Å². The number of rotatable bonds is 5. The number of aromatic nitrogens is 1. The maximum atomic E-state index is 6.01. The van der Waals surface area contributed by atoms with Crippen molar-refractivity contribution in [3.05, 3.63) is 100 Å². The molecule has 1 heterocycles. The van der Waals surface area contributed by atoms with E-state index in [1.165, 1.54) is 27.6 Å². The molecular weight excluding hydrogens is 366 g/mol. The number of nitrogens with zero attached hydrogens (tertiary/aromatic N) is 2. The second-order valence-electron chi connectivity index (χ2n) is 7.04. The number of fused-ring (bicyclic) bond motifs is 1. The Morgan fingerprint density at radius 1 is 1.00 bits per heavy atom. The average Bonchev–Trinajstić information content (AvgIpc) is 3.03. The summed E-state index contributed by atoms with van der Waals surface area (Å²) in [7, 11) is 0. The average molecular weight is 388 g/mol. The second kappa shape index (κ2) is 7.91. The molecule has 0 saturated carbocycles. The minimum atomic E-state index is 0.756. The SMILES string of the molecule is Cc1ccc(N/N=C\c2cn(Cc3ccc(Cl)cc3)c3ccccc23)c(C)c1. The summed E-state index contributed by atoms with van der Waals surface area (Å²) < 4.78 is 2.25. The van der Waals surface area contributed by atoms with Gasteiger partial charge in [-0.1, -0.05) is 59.6 Å². The molecule has 0 radical (unpaired) electrons. The highest BCUT2D eigenvalue weighted by Crippen LogP contribution is 2.22. The summed E-state index contributed by atoms with van der Waals surface area (Å²) >= 11 is 6.01. The zero-order chi connectivity index (χ0) is 19.5. The van der Waals surface area contributed by atoms with E-state index in [9.17, 15) is 0 Å². The van der Waals surface area contributed by atoms with Gasteiger partial charge in [-0.15, -0.1) is 0 Å². The predicted octanol–water partition coefficient (Wildman–Crippen LogP) is 6.41. The van der Waals surface area contributed by atoms with Gasteiger partial charge < -0.3 is 4.57 Å². The summed E-state index contributed by atoms with van der Waals surface area (Å²) in [6.45, 7) is 4.97. The molecule has 140 valence electrons. The number of benzene rings is 3. The quantitative estimate of drug-likeness (QED) is 0.311. The van der Waals surface area contributed by atoms with Crippen LogP contribution in [0.5, 0.6) is 0 Å². The molecule has 0 atom stereocenters. The number of halogens is 1. The van der Waals surface area contributed by atoms with Crippen molar-refractivity contribution in [2.75, 3.05) is 5.43 Å². The van der Waals surface area contributed by atoms with Crippen LogP contribution in [0.2, 0.25) is 5.02 Å². The molecule has 1 N–H and O–H groups in total. The van der Waals surface area contributed by atoms with Gasteiger partial charge in [0.15, 0.2) is 0 Å². The van der Waals surface area contributed by atoms with E-state index >= 15 is 0 Å². The number of anilines is 1. The third-order valence-electron chi connectivity index (χ3n) is 4.86. The topological polar surface area (TPSA) is 29.3 Å². The Labute approximate surface area is 170 Å². The summed E-state index contributed by atoms with van der Waals surface area (Å²) in [5.74, 6) is 0. The Hall–Kier alpha value is -3.04. The predicted molar refractivity (Wildman–Crippen MR) is 120 cm³/mol. The maximum Gasteiger partial charge on any atom is 0.0591 e. The molecule has 4 rings (SSSR count). The van der Waals surface area contributed by atoms with Crippen molar-refractivity contribution in [1.82, 2.24) is 4.57 Å². The Kier molecular flexibility index (Phi) is 5.18. The van der Waals surface area contributed by atoms with E-state index in [1.54, 1.807) is 0 Å². The fourth-order valence-corrected chi connectivity index (χ4v) is 3.53. The third-order valence-corrected chi connectivity index (χ3v) is 5.11. The van der Waals surface area contributed by atoms with Gasteiger partial charge in [-0.3, -0.25) is 5.43 Å². The fourth-order valence-electron chi connectivity index (χ4n) is 3.41. The molecule has 0 aliphatic rings. The largest absolute Gasteiger partial charge is 0.342 e. The third kappa shape index (κ3) is 3.95. The molecule has 0 amide bonds. The lowest BCUT2D eigenvalue weighted by Gasteiger charge is -2.05. The highest BCUT2D eigenvalue weighted by Gasteiger charge is 2.07. The minimum Gasteiger partial charge on any atom is -0.342 e. The minimum absolute atomic E-state index is 0.756. The molecule has 0 bridgehead atoms. The van der Waals surface area contributed by atoms with Crippen LogP contribution in [0.15, 0.2) is 78.0 Å². The summed E-state index contributed by atoms with van der Waals surface area (Å²) in [5.41, 5.74) is 10.1. The van der Waals surface area contributed by atoms with Crippen molar-refractivity contribution < 1.29 is 0 Å². The lowest BCUT2D eigenvalue weighted by atomic mass is 10.1. The molecular formula is C24H22ClN3. The highest BCUT2D eigenvalue weighted by atomic mass is 35.5. The van der Waals surface area contributed by atoms with E-state index in [0.717, 1.165) is 22.8 Å². The summed E-state index contributed by atoms with van der Waals surface area (Å²) in [4.78, 5) is 0. The summed E-state index contributed by atoms with van der Waals surface area (Å²) in [5, 5.41) is 6.42. The van der Waals surface area contributed by atoms with E-state index in [-0.39, 0.29) is 0 Å². The van der Waals surface area contributed by atoms with Crippen molar-refractivity contribution in [2.45, 2.75) is 20.4 Å². The van der Waals surface area contributed by atoms with Crippen LogP contribution in [0.1, 0.15) is 22.3 Å². The molecule has 0 aliphatic carbocycles. The molecule has 3 nitrogen and oxygen atoms in total. The smallest absolute Gasteiger partial charge is 0.0591 e. The van der Waals surface area contributed by atoms with Crippen molar-refractivity contribution >= 4 is 34.4 Å². The Bertz CT molecular complexity index is 1140. The van der Waals surface area contributed by atoms with Gasteiger partial charge in [-0.25, -0.2) is 0 Å². The van der Waals surface area contributed by atoms with E-state index < -0.39 is 0 Å². The number of hydrogen-bond donors (Lipinski definition) is 1. The van der Waals surface area contributed by atoms with Crippen LogP contribution in [0, 0.1) is 13.8 Å². The van der Waals surface area contributed by atoms with Crippen molar-refractivity contribution in [3.63, 3.8) is 0 Å². The van der Waals surface area contributed by atoms with Gasteiger partial charge in [0.2, 0.25) is 0 Å². The van der Waals surface area contributed by atoms with E-state index in [4.69, 9.17) is 11.6 Å². The second-order valence-corrected chi connectivity index (χ2v) is 7.48. The molecule has 0 saturated heterocycles. The lowest BCUT2D eigenvalue weighted by Crippen LogP contribution is -1.97. The molecule has 1 aromatic heterocycles. The highest BCUT2D eigenvalue weighted by molar-refractivity contribution is 6.30. The van der Waals surface area contributed by atoms with Crippen molar-refractivity contribution in [3.8, 4) is 0 Å². The Balaban J connectivity index is 1.61. The van der Waals surface area contributed by atoms with Crippen LogP contribution in [-0.4, -0.2) is 10.8 Å². The van der Waals surface area contributed by atoms with E-state index in [1.807, 2.05) is 18.3 Å². The Morgan fingerprint density at radius 2 is 1.79 bits per heavy atom. The summed E-state index contributed by atoms with van der Waals surface area (Å²) in [6, 6.07) is 22.7. The fraction of sp³-hybridized carbons (Fsp3) is 0.125. The first-order chi connectivity index (χ1) is 13.6. The van der Waals surface area contributed by atoms with Crippen molar-refractivity contribution in [1.29, 1.82) is 0 Å². The standard InChI is InChI=1S/C24H22ClN3/c1-17-7-12-23(18(2)13-17)27-26-14-20-16-28(24-6-4-3-5-22(20)24)15-19-8-10-21(25)11-9-19/h3-14,16,27H,15H2,1-2H3/b26-14-. The molecule has 0 aliphatic heterocycles. The van der Waals surface area contributed by atoms with Crippen LogP contribution in [0.25, 0.3) is 10.9 Å². The number of nitrogens with one attached hydrogen (secondary N) is 1. The van der Waals surface area contributed by atoms with Crippen LogP contribution in [0.4, 0.5) is 5.69 Å². The molecule has 28 heavy (non-hydrogen) atoms. The summed E-state index contributed by atoms with van der Waals surface area (Å²) in [6.07, 6.45) is 4.03. The first-order valence-electron chi connectivity index (χ1n) is 9.29. The number of hydrazone groups is 1. The van der Waals surface area contributed by atoms with Gasteiger partial charge in [0, 0.05) is 34.2 Å². The van der Waals surface area contributed by atoms with Crippen LogP contribution < -0.4 is 5.43 Å². The van der Waals surface area contributed by atoms with Gasteiger partial charge in [0.05, 0.1) is 11.9 Å². The van der Waals surface area contributed by atoms with Crippen LogP contribution in [-0.2, 0) is 6.54 Å². The number of aryl methyl sites for hydroxylation is 2. The molecule has 0 fully saturated rings. The normalized spacial score (nSPS) is 11.4. The zero-order valence-corrected chi connectivity index (χ0v) is 16.7. The Morgan fingerprint density at radius 3 is 2.57 bits per heavy atom. The molecule has 4 aromatic rings. The van der Waals surface area contributed by atoms with Gasteiger partial charge in [-0.2, -0.15) is 5.10 Å². The maximum absolute atomic E-state index is 6.01. The van der Waals surface area contributed by atoms with Gasteiger partial charge in [0.1, 0.15) is 0 Å². The monoisotopic (exact) mass is 387 g/mol. The van der Waals surface area contributed by atoms with Gasteiger partial charge in [-0.05, 0) is 49.2 Å². The number of para-hydroxylation sites is 1. The van der Waals surface area contributed by atoms with Gasteiger partial charge >= 0.3 is 0 Å². The molecule has 0 spiro atoms. The first-order valence-corrected chi connectivity index (χ1v) is 9.66.